The molecule has 0 saturated heterocycles. The number of allylic oxidation sites excluding steroid dienone is 1. The van der Waals surface area contributed by atoms with Gasteiger partial charge in [-0.25, -0.2) is 0 Å². The largest absolute Gasteiger partial charge is 0.507 e. The van der Waals surface area contributed by atoms with E-state index in [1.165, 1.54) is 53.5 Å². The molecule has 6 aromatic rings. The molecule has 1 N–H and O–H groups in total. The number of hydrogen-bond donors (Lipinski definition) is 1. The van der Waals surface area contributed by atoms with Gasteiger partial charge in [-0.05, 0) is 88.8 Å². The Morgan fingerprint density at radius 1 is 0.639 bits per heavy atom. The molecule has 0 bridgehead atoms. The minimum atomic E-state index is 0.161. The molecular weight excluding hydrogens is 436 g/mol. The first kappa shape index (κ1) is 19.7. The van der Waals surface area contributed by atoms with Crippen molar-refractivity contribution in [2.45, 2.75) is 5.92 Å². The number of benzene rings is 6. The Balaban J connectivity index is 1.49. The third-order valence-corrected chi connectivity index (χ3v) is 7.92. The van der Waals surface area contributed by atoms with Crippen LogP contribution in [-0.4, -0.2) is 5.11 Å². The van der Waals surface area contributed by atoms with Crippen LogP contribution in [0.5, 0.6) is 5.75 Å². The summed E-state index contributed by atoms with van der Waals surface area (Å²) in [6, 6.07) is 34.3. The average Bonchev–Trinajstić information content (AvgIpc) is 3.31. The van der Waals surface area contributed by atoms with Gasteiger partial charge in [0.05, 0.1) is 0 Å². The summed E-state index contributed by atoms with van der Waals surface area (Å²) in [5.41, 5.74) is 3.63. The number of phenolic OH excluding ortho intramolecular Hbond substituents is 1. The normalized spacial score (nSPS) is 15.4. The number of phenols is 1. The monoisotopic (exact) mass is 458 g/mol. The van der Waals surface area contributed by atoms with Crippen LogP contribution in [0.2, 0.25) is 0 Å². The predicted molar refractivity (Wildman–Crippen MR) is 150 cm³/mol. The molecule has 0 aliphatic heterocycles. The summed E-state index contributed by atoms with van der Waals surface area (Å²) in [5.74, 6) is 0.501. The molecule has 6 aromatic carbocycles. The lowest BCUT2D eigenvalue weighted by atomic mass is 9.85. The second-order valence-electron chi connectivity index (χ2n) is 9.87. The molecule has 2 aliphatic carbocycles. The van der Waals surface area contributed by atoms with Crippen molar-refractivity contribution < 1.29 is 5.11 Å². The van der Waals surface area contributed by atoms with Crippen molar-refractivity contribution in [2.75, 3.05) is 0 Å². The number of aromatic hydroxyl groups is 1. The maximum absolute atomic E-state index is 10.9. The summed E-state index contributed by atoms with van der Waals surface area (Å²) in [5, 5.41) is 23.0. The minimum Gasteiger partial charge on any atom is -0.507 e. The van der Waals surface area contributed by atoms with Gasteiger partial charge in [0.1, 0.15) is 5.75 Å². The zero-order chi connectivity index (χ0) is 23.8. The van der Waals surface area contributed by atoms with E-state index < -0.39 is 0 Å². The highest BCUT2D eigenvalue weighted by atomic mass is 16.3. The highest BCUT2D eigenvalue weighted by Crippen LogP contribution is 2.36. The molecule has 0 spiro atoms. The summed E-state index contributed by atoms with van der Waals surface area (Å²) >= 11 is 0. The Kier molecular flexibility index (Phi) is 3.93. The van der Waals surface area contributed by atoms with E-state index >= 15 is 0 Å². The summed E-state index contributed by atoms with van der Waals surface area (Å²) in [4.78, 5) is 0. The lowest BCUT2D eigenvalue weighted by molar-refractivity contribution is 0.481. The van der Waals surface area contributed by atoms with Gasteiger partial charge in [0.15, 0.2) is 0 Å². The molecule has 0 aromatic heterocycles. The van der Waals surface area contributed by atoms with Crippen molar-refractivity contribution in [3.05, 3.63) is 141 Å². The molecule has 8 rings (SSSR count). The molecule has 1 unspecified atom stereocenters. The Morgan fingerprint density at radius 3 is 2.33 bits per heavy atom. The lowest BCUT2D eigenvalue weighted by Crippen LogP contribution is -2.16. The van der Waals surface area contributed by atoms with Crippen LogP contribution in [0.25, 0.3) is 50.5 Å². The molecule has 0 fully saturated rings. The van der Waals surface area contributed by atoms with E-state index in [1.807, 2.05) is 6.07 Å². The predicted octanol–water partition coefficient (Wildman–Crippen LogP) is 6.87. The first-order valence-corrected chi connectivity index (χ1v) is 12.5. The van der Waals surface area contributed by atoms with Crippen molar-refractivity contribution in [3.8, 4) is 5.75 Å². The standard InChI is InChI=1S/C35H22O/c36-33-14-6-13-29-28-16-15-25(19-31(28)34-27-11-4-3-9-24(27)20-32(34)35(29)33)26-12-5-10-23-17-21-7-1-2-8-22(21)18-30(23)26/h1-20,25,36H. The molecule has 0 radical (unpaired) electrons. The average molecular weight is 459 g/mol. The molecule has 0 amide bonds. The van der Waals surface area contributed by atoms with E-state index in [0.717, 1.165) is 16.3 Å². The van der Waals surface area contributed by atoms with Crippen LogP contribution < -0.4 is 10.4 Å². The Morgan fingerprint density at radius 2 is 1.42 bits per heavy atom. The van der Waals surface area contributed by atoms with Gasteiger partial charge in [0.2, 0.25) is 0 Å². The molecule has 1 nitrogen and oxygen atoms in total. The van der Waals surface area contributed by atoms with Gasteiger partial charge in [0.25, 0.3) is 0 Å². The lowest BCUT2D eigenvalue weighted by Gasteiger charge is -2.19. The summed E-state index contributed by atoms with van der Waals surface area (Å²) in [7, 11) is 0. The zero-order valence-corrected chi connectivity index (χ0v) is 19.6. The van der Waals surface area contributed by atoms with Gasteiger partial charge in [-0.15, -0.1) is 0 Å². The number of rotatable bonds is 1. The van der Waals surface area contributed by atoms with Crippen LogP contribution >= 0.6 is 0 Å². The van der Waals surface area contributed by atoms with Gasteiger partial charge >= 0.3 is 0 Å². The highest BCUT2D eigenvalue weighted by Gasteiger charge is 2.20. The smallest absolute Gasteiger partial charge is 0.124 e. The first-order valence-electron chi connectivity index (χ1n) is 12.5. The Bertz CT molecular complexity index is 2170. The summed E-state index contributed by atoms with van der Waals surface area (Å²) in [6.07, 6.45) is 9.24. The molecule has 1 atom stereocenters. The van der Waals surface area contributed by atoms with Crippen molar-refractivity contribution >= 4 is 50.5 Å². The summed E-state index contributed by atoms with van der Waals surface area (Å²) < 4.78 is 0. The zero-order valence-electron chi connectivity index (χ0n) is 19.6. The molecule has 1 heteroatoms. The Labute approximate surface area is 207 Å². The van der Waals surface area contributed by atoms with E-state index in [1.54, 1.807) is 6.07 Å². The third-order valence-electron chi connectivity index (χ3n) is 7.92. The van der Waals surface area contributed by atoms with E-state index in [9.17, 15) is 5.11 Å². The molecular formula is C35H22O. The van der Waals surface area contributed by atoms with Gasteiger partial charge in [-0.2, -0.15) is 0 Å². The fourth-order valence-electron chi connectivity index (χ4n) is 6.30. The van der Waals surface area contributed by atoms with Crippen molar-refractivity contribution in [2.24, 2.45) is 0 Å². The van der Waals surface area contributed by atoms with E-state index in [0.29, 0.717) is 5.75 Å². The SMILES string of the molecule is Oc1cccc2c3c(c4c(c12)C=c1ccccc1=4)=CC(c1cccc2cc4ccccc4cc12)C=C3. The van der Waals surface area contributed by atoms with Crippen molar-refractivity contribution in [1.82, 2.24) is 0 Å². The fourth-order valence-corrected chi connectivity index (χ4v) is 6.30. The second-order valence-corrected chi connectivity index (χ2v) is 9.87. The van der Waals surface area contributed by atoms with Gasteiger partial charge in [0, 0.05) is 11.3 Å². The number of fused-ring (bicyclic) bond motifs is 9. The number of hydrogen-bond acceptors (Lipinski definition) is 1. The van der Waals surface area contributed by atoms with Crippen LogP contribution in [0.4, 0.5) is 0 Å². The van der Waals surface area contributed by atoms with Crippen LogP contribution in [0.1, 0.15) is 22.6 Å². The maximum atomic E-state index is 10.9. The van der Waals surface area contributed by atoms with E-state index in [-0.39, 0.29) is 5.92 Å². The van der Waals surface area contributed by atoms with Crippen LogP contribution in [0.15, 0.2) is 103 Å². The molecule has 0 saturated carbocycles. The van der Waals surface area contributed by atoms with E-state index in [4.69, 9.17) is 0 Å². The second kappa shape index (κ2) is 7.19. The first-order chi connectivity index (χ1) is 17.8. The molecule has 2 aliphatic rings. The molecule has 168 valence electrons. The highest BCUT2D eigenvalue weighted by molar-refractivity contribution is 6.03. The van der Waals surface area contributed by atoms with Gasteiger partial charge in [-0.3, -0.25) is 0 Å². The minimum absolute atomic E-state index is 0.161. The van der Waals surface area contributed by atoms with Crippen LogP contribution in [-0.2, 0) is 0 Å². The van der Waals surface area contributed by atoms with E-state index in [2.05, 4.69) is 109 Å². The fraction of sp³-hybridized carbons (Fsp3) is 0.0286. The quantitative estimate of drug-likeness (QED) is 0.266. The third kappa shape index (κ3) is 2.66. The van der Waals surface area contributed by atoms with Gasteiger partial charge in [-0.1, -0.05) is 97.1 Å². The Hall–Kier alpha value is -4.62. The van der Waals surface area contributed by atoms with Crippen molar-refractivity contribution in [3.63, 3.8) is 0 Å². The van der Waals surface area contributed by atoms with Gasteiger partial charge < -0.3 is 5.11 Å². The molecule has 0 heterocycles. The maximum Gasteiger partial charge on any atom is 0.124 e. The summed E-state index contributed by atoms with van der Waals surface area (Å²) in [6.45, 7) is 0. The van der Waals surface area contributed by atoms with Crippen LogP contribution in [0, 0.1) is 10.4 Å². The van der Waals surface area contributed by atoms with Crippen molar-refractivity contribution in [1.29, 1.82) is 0 Å². The topological polar surface area (TPSA) is 20.2 Å². The van der Waals surface area contributed by atoms with Crippen LogP contribution in [0.3, 0.4) is 0 Å². The molecule has 36 heavy (non-hydrogen) atoms.